The minimum atomic E-state index is -4.38. The third kappa shape index (κ3) is 2.90. The maximum absolute atomic E-state index is 12.4. The van der Waals surface area contributed by atoms with Crippen molar-refractivity contribution in [2.24, 2.45) is 0 Å². The molecule has 1 N–H and O–H groups in total. The number of carboxylic acids is 1. The first-order valence-electron chi connectivity index (χ1n) is 5.25. The number of nitrogens with zero attached hydrogens (tertiary/aromatic N) is 1. The molecule has 0 fully saturated rings. The number of hydrogen-bond acceptors (Lipinski definition) is 2. The van der Waals surface area contributed by atoms with E-state index in [1.165, 1.54) is 24.3 Å². The zero-order chi connectivity index (χ0) is 14.0. The molecule has 98 valence electrons. The van der Waals surface area contributed by atoms with Gasteiger partial charge < -0.3 is 5.11 Å². The molecule has 1 aromatic carbocycles. The maximum Gasteiger partial charge on any atom is 0.416 e. The molecule has 0 unspecified atom stereocenters. The van der Waals surface area contributed by atoms with E-state index < -0.39 is 17.7 Å². The average molecular weight is 267 g/mol. The van der Waals surface area contributed by atoms with Gasteiger partial charge in [0.15, 0.2) is 0 Å². The highest BCUT2D eigenvalue weighted by Gasteiger charge is 2.29. The second-order valence-corrected chi connectivity index (χ2v) is 3.81. The predicted octanol–water partition coefficient (Wildman–Crippen LogP) is 3.47. The molecule has 0 spiro atoms. The highest BCUT2D eigenvalue weighted by Crippen LogP contribution is 2.30. The van der Waals surface area contributed by atoms with Crippen LogP contribution in [0.1, 0.15) is 15.9 Å². The summed E-state index contributed by atoms with van der Waals surface area (Å²) < 4.78 is 37.1. The Balaban J connectivity index is 2.30. The van der Waals surface area contributed by atoms with E-state index in [9.17, 15) is 18.0 Å². The minimum Gasteiger partial charge on any atom is -0.478 e. The summed E-state index contributed by atoms with van der Waals surface area (Å²) in [4.78, 5) is 14.5. The van der Waals surface area contributed by atoms with Gasteiger partial charge in [-0.25, -0.2) is 4.79 Å². The quantitative estimate of drug-likeness (QED) is 0.906. The normalized spacial score (nSPS) is 11.3. The molecule has 0 saturated carbocycles. The zero-order valence-corrected chi connectivity index (χ0v) is 9.48. The second-order valence-electron chi connectivity index (χ2n) is 3.81. The van der Waals surface area contributed by atoms with Gasteiger partial charge in [0.2, 0.25) is 0 Å². The van der Waals surface area contributed by atoms with Crippen LogP contribution in [-0.4, -0.2) is 16.1 Å². The van der Waals surface area contributed by atoms with Crippen LogP contribution in [0.4, 0.5) is 13.2 Å². The van der Waals surface area contributed by atoms with Gasteiger partial charge in [-0.05, 0) is 24.3 Å². The number of benzene rings is 1. The number of alkyl halides is 3. The molecule has 3 nitrogen and oxygen atoms in total. The van der Waals surface area contributed by atoms with Crippen molar-refractivity contribution in [1.82, 2.24) is 4.98 Å². The van der Waals surface area contributed by atoms with E-state index in [2.05, 4.69) is 4.98 Å². The molecule has 2 aromatic rings. The third-order valence-electron chi connectivity index (χ3n) is 2.52. The number of aromatic carboxylic acids is 1. The summed E-state index contributed by atoms with van der Waals surface area (Å²) in [5, 5.41) is 8.71. The lowest BCUT2D eigenvalue weighted by molar-refractivity contribution is -0.137. The van der Waals surface area contributed by atoms with E-state index >= 15 is 0 Å². The number of halogens is 3. The number of rotatable bonds is 2. The summed E-state index contributed by atoms with van der Waals surface area (Å²) in [7, 11) is 0. The van der Waals surface area contributed by atoms with Gasteiger partial charge in [0.25, 0.3) is 0 Å². The Hall–Kier alpha value is -2.37. The van der Waals surface area contributed by atoms with Crippen molar-refractivity contribution in [2.45, 2.75) is 6.18 Å². The van der Waals surface area contributed by atoms with Gasteiger partial charge in [-0.1, -0.05) is 12.1 Å². The van der Waals surface area contributed by atoms with Crippen molar-refractivity contribution in [3.05, 3.63) is 53.7 Å². The van der Waals surface area contributed by atoms with Gasteiger partial charge in [-0.3, -0.25) is 4.98 Å². The van der Waals surface area contributed by atoms with E-state index in [1.807, 2.05) is 0 Å². The fourth-order valence-corrected chi connectivity index (χ4v) is 1.52. The number of hydrogen-bond donors (Lipinski definition) is 1. The first-order chi connectivity index (χ1) is 8.88. The molecule has 6 heteroatoms. The van der Waals surface area contributed by atoms with E-state index in [4.69, 9.17) is 5.11 Å². The summed E-state index contributed by atoms with van der Waals surface area (Å²) >= 11 is 0. The number of pyridine rings is 1. The molecule has 0 atom stereocenters. The van der Waals surface area contributed by atoms with Crippen molar-refractivity contribution < 1.29 is 23.1 Å². The summed E-state index contributed by atoms with van der Waals surface area (Å²) in [6, 6.07) is 7.32. The van der Waals surface area contributed by atoms with Gasteiger partial charge >= 0.3 is 12.1 Å². The van der Waals surface area contributed by atoms with Crippen LogP contribution < -0.4 is 0 Å². The molecule has 0 aliphatic carbocycles. The summed E-state index contributed by atoms with van der Waals surface area (Å²) in [5.74, 6) is -1.11. The summed E-state index contributed by atoms with van der Waals surface area (Å²) in [5.41, 5.74) is 0.192. The van der Waals surface area contributed by atoms with Crippen molar-refractivity contribution >= 4 is 5.97 Å². The molecule has 0 bridgehead atoms. The van der Waals surface area contributed by atoms with Crippen LogP contribution in [0.15, 0.2) is 42.6 Å². The minimum absolute atomic E-state index is 0.0238. The Kier molecular flexibility index (Phi) is 3.25. The molecule has 2 rings (SSSR count). The monoisotopic (exact) mass is 267 g/mol. The van der Waals surface area contributed by atoms with Gasteiger partial charge in [0, 0.05) is 11.8 Å². The lowest BCUT2D eigenvalue weighted by atomic mass is 10.1. The second kappa shape index (κ2) is 4.72. The summed E-state index contributed by atoms with van der Waals surface area (Å²) in [6.45, 7) is 0. The van der Waals surface area contributed by atoms with Crippen LogP contribution in [0, 0.1) is 0 Å². The van der Waals surface area contributed by atoms with Crippen LogP contribution in [0.5, 0.6) is 0 Å². The molecule has 0 aliphatic rings. The van der Waals surface area contributed by atoms with Crippen LogP contribution >= 0.6 is 0 Å². The van der Waals surface area contributed by atoms with Crippen LogP contribution in [0.3, 0.4) is 0 Å². The van der Waals surface area contributed by atoms with Gasteiger partial charge in [-0.15, -0.1) is 0 Å². The Morgan fingerprint density at radius 1 is 1.05 bits per heavy atom. The third-order valence-corrected chi connectivity index (χ3v) is 2.52. The molecular weight excluding hydrogens is 259 g/mol. The molecule has 1 heterocycles. The highest BCUT2D eigenvalue weighted by atomic mass is 19.4. The molecular formula is C13H8F3NO2. The van der Waals surface area contributed by atoms with Crippen molar-refractivity contribution in [1.29, 1.82) is 0 Å². The number of carbonyl (C=O) groups is 1. The topological polar surface area (TPSA) is 50.2 Å². The molecule has 0 radical (unpaired) electrons. The predicted molar refractivity (Wildman–Crippen MR) is 61.6 cm³/mol. The standard InChI is InChI=1S/C13H8F3NO2/c14-13(15,16)10-4-1-8(2-5-10)11-6-3-9(7-17-11)12(18)19/h1-7H,(H,18,19). The molecule has 0 aliphatic heterocycles. The number of carboxylic acid groups (broad SMARTS) is 1. The summed E-state index contributed by atoms with van der Waals surface area (Å²) in [6.07, 6.45) is -3.21. The molecule has 0 saturated heterocycles. The van der Waals surface area contributed by atoms with E-state index in [-0.39, 0.29) is 5.56 Å². The Morgan fingerprint density at radius 3 is 2.11 bits per heavy atom. The van der Waals surface area contributed by atoms with E-state index in [0.29, 0.717) is 11.3 Å². The van der Waals surface area contributed by atoms with E-state index in [0.717, 1.165) is 18.3 Å². The fourth-order valence-electron chi connectivity index (χ4n) is 1.52. The average Bonchev–Trinajstić information content (AvgIpc) is 2.38. The lowest BCUT2D eigenvalue weighted by Gasteiger charge is -2.07. The van der Waals surface area contributed by atoms with Gasteiger partial charge in [0.1, 0.15) is 0 Å². The Labute approximate surface area is 106 Å². The zero-order valence-electron chi connectivity index (χ0n) is 9.48. The van der Waals surface area contributed by atoms with Crippen molar-refractivity contribution in [3.8, 4) is 11.3 Å². The smallest absolute Gasteiger partial charge is 0.416 e. The maximum atomic E-state index is 12.4. The SMILES string of the molecule is O=C(O)c1ccc(-c2ccc(C(F)(F)F)cc2)nc1. The van der Waals surface area contributed by atoms with Gasteiger partial charge in [0.05, 0.1) is 16.8 Å². The Morgan fingerprint density at radius 2 is 1.68 bits per heavy atom. The molecule has 19 heavy (non-hydrogen) atoms. The molecule has 0 amide bonds. The lowest BCUT2D eigenvalue weighted by Crippen LogP contribution is -2.04. The fraction of sp³-hybridized carbons (Fsp3) is 0.0769. The largest absolute Gasteiger partial charge is 0.478 e. The Bertz CT molecular complexity index is 589. The first kappa shape index (κ1) is 13.1. The van der Waals surface area contributed by atoms with Crippen LogP contribution in [-0.2, 0) is 6.18 Å². The highest BCUT2D eigenvalue weighted by molar-refractivity contribution is 5.87. The van der Waals surface area contributed by atoms with Crippen LogP contribution in [0.2, 0.25) is 0 Å². The van der Waals surface area contributed by atoms with Gasteiger partial charge in [-0.2, -0.15) is 13.2 Å². The first-order valence-corrected chi connectivity index (χ1v) is 5.25. The molecule has 1 aromatic heterocycles. The van der Waals surface area contributed by atoms with E-state index in [1.54, 1.807) is 0 Å². The van der Waals surface area contributed by atoms with Crippen molar-refractivity contribution in [2.75, 3.05) is 0 Å². The van der Waals surface area contributed by atoms with Crippen LogP contribution in [0.25, 0.3) is 11.3 Å². The number of aromatic nitrogens is 1. The van der Waals surface area contributed by atoms with Crippen molar-refractivity contribution in [3.63, 3.8) is 0 Å².